The molecule has 9 aliphatic rings. The summed E-state index contributed by atoms with van der Waals surface area (Å²) in [6, 6.07) is 30.9. The van der Waals surface area contributed by atoms with Crippen LogP contribution in [0.15, 0.2) is 154 Å². The van der Waals surface area contributed by atoms with Crippen molar-refractivity contribution in [2.75, 3.05) is 121 Å². The molecule has 2 aliphatic heterocycles. The van der Waals surface area contributed by atoms with E-state index in [4.69, 9.17) is 4.74 Å². The predicted octanol–water partition coefficient (Wildman–Crippen LogP) is 13.2. The quantitative estimate of drug-likeness (QED) is 0.0621. The summed E-state index contributed by atoms with van der Waals surface area (Å²) in [5.74, 6) is 3.45. The number of hydrogen-bond acceptors (Lipinski definition) is 23. The number of morpholine rings is 1. The van der Waals surface area contributed by atoms with Gasteiger partial charge in [0.25, 0.3) is 0 Å². The normalized spacial score (nSPS) is 20.1. The summed E-state index contributed by atoms with van der Waals surface area (Å²) in [4.78, 5) is 50.4. The van der Waals surface area contributed by atoms with Crippen molar-refractivity contribution >= 4 is 33.3 Å². The molecule has 0 atom stereocenters. The summed E-state index contributed by atoms with van der Waals surface area (Å²) < 4.78 is 49.8. The third-order valence-corrected chi connectivity index (χ3v) is 27.8. The third-order valence-electron chi connectivity index (χ3n) is 26.5. The van der Waals surface area contributed by atoms with Gasteiger partial charge in [-0.05, 0) is 202 Å². The molecule has 0 radical (unpaired) electrons. The average molecular weight is 1680 g/mol. The van der Waals surface area contributed by atoms with Crippen LogP contribution in [-0.4, -0.2) is 243 Å². The van der Waals surface area contributed by atoms with Crippen LogP contribution in [0.4, 0.5) is 27.7 Å². The molecule has 8 aromatic heterocycles. The number of aryl methyl sites for hydroxylation is 3. The Morgan fingerprint density at radius 1 is 0.423 bits per heavy atom. The molecule has 0 bridgehead atoms. The number of ether oxygens (including phenoxy) is 1. The maximum Gasteiger partial charge on any atom is 0.211 e. The Balaban J connectivity index is 0.000000112. The minimum absolute atomic E-state index is 0.326. The molecule has 0 unspecified atom stereocenters. The van der Waals surface area contributed by atoms with Crippen molar-refractivity contribution in [3.8, 4) is 89.0 Å². The molecule has 2 saturated heterocycles. The highest BCUT2D eigenvalue weighted by Gasteiger charge is 2.35. The van der Waals surface area contributed by atoms with E-state index in [1.807, 2.05) is 72.2 Å². The Labute approximate surface area is 719 Å². The van der Waals surface area contributed by atoms with E-state index in [1.54, 1.807) is 35.8 Å². The lowest BCUT2D eigenvalue weighted by Crippen LogP contribution is -2.52. The maximum atomic E-state index is 13.7. The monoisotopic (exact) mass is 1670 g/mol. The first-order chi connectivity index (χ1) is 59.8. The van der Waals surface area contributed by atoms with Crippen LogP contribution in [-0.2, 0) is 61.6 Å². The summed E-state index contributed by atoms with van der Waals surface area (Å²) in [5, 5.41) is 27.7. The number of hydrogen-bond donors (Lipinski definition) is 4. The summed E-state index contributed by atoms with van der Waals surface area (Å²) in [7, 11) is 11.4. The van der Waals surface area contributed by atoms with Gasteiger partial charge in [-0.1, -0.05) is 48.5 Å². The van der Waals surface area contributed by atoms with Crippen molar-refractivity contribution in [1.82, 2.24) is 98.1 Å². The number of piperazine rings is 1. The van der Waals surface area contributed by atoms with Gasteiger partial charge in [-0.15, -0.1) is 0 Å². The maximum absolute atomic E-state index is 13.7. The molecule has 4 aromatic carbocycles. The number of anilines is 4. The fraction of sp³-hybridized carbons (Fsp3) is 0.426. The van der Waals surface area contributed by atoms with Gasteiger partial charge in [0.05, 0.1) is 67.0 Å². The largest absolute Gasteiger partial charge is 0.379 e. The van der Waals surface area contributed by atoms with E-state index in [0.29, 0.717) is 49.3 Å². The first kappa shape index (κ1) is 82.8. The predicted molar refractivity (Wildman–Crippen MR) is 481 cm³/mol. The number of nitrogens with zero attached hydrogens (tertiary/aromatic N) is 20. The van der Waals surface area contributed by atoms with Crippen LogP contribution in [0.2, 0.25) is 0 Å². The molecule has 10 heterocycles. The van der Waals surface area contributed by atoms with Crippen molar-refractivity contribution in [2.24, 2.45) is 21.1 Å². The van der Waals surface area contributed by atoms with E-state index in [9.17, 15) is 12.8 Å². The Morgan fingerprint density at radius 3 is 1.15 bits per heavy atom. The molecule has 0 amide bonds. The summed E-state index contributed by atoms with van der Waals surface area (Å²) in [6.45, 7) is 8.36. The molecule has 21 rings (SSSR count). The number of aromatic nitrogens is 15. The third kappa shape index (κ3) is 18.6. The zero-order valence-electron chi connectivity index (χ0n) is 71.7. The van der Waals surface area contributed by atoms with Gasteiger partial charge in [0.1, 0.15) is 54.4 Å². The highest BCUT2D eigenvalue weighted by Crippen LogP contribution is 2.47. The number of benzene rings is 4. The molecule has 27 nitrogen and oxygen atoms in total. The molecule has 5 fully saturated rings. The lowest BCUT2D eigenvalue weighted by molar-refractivity contribution is 0.0398. The second kappa shape index (κ2) is 36.3. The molecule has 638 valence electrons. The van der Waals surface area contributed by atoms with E-state index >= 15 is 0 Å². The van der Waals surface area contributed by atoms with Crippen LogP contribution >= 0.6 is 0 Å². The zero-order valence-corrected chi connectivity index (χ0v) is 72.6. The van der Waals surface area contributed by atoms with Crippen molar-refractivity contribution in [2.45, 2.75) is 139 Å². The summed E-state index contributed by atoms with van der Waals surface area (Å²) in [5.41, 5.74) is 27.5. The van der Waals surface area contributed by atoms with Gasteiger partial charge < -0.3 is 35.8 Å². The SMILES string of the molecule is CN(C)C1CCC(Nc2ncnc3c2-c2cc(-c4cncc(F)c4)ccc2C3)CC1.CN(C)C1CCC(Nc2ncnc3c2-c2cc(-c4cnn(C)c4)ccc2C3)CC1.Cn1cc(-c2ccc3c(c2)-c2c(ncnc2NC2CCC(N4CCN(S(C)(=O)=O)CC4)CC2)C3)cn1.Cn1cc(-c2ccc3c(c2)-c2c(ncnc2NCCN2CCOCC2)C3)cn1. The first-order valence-corrected chi connectivity index (χ1v) is 45.5. The van der Waals surface area contributed by atoms with Crippen LogP contribution in [0, 0.1) is 5.82 Å². The highest BCUT2D eigenvalue weighted by molar-refractivity contribution is 7.88. The van der Waals surface area contributed by atoms with E-state index in [0.717, 1.165) is 218 Å². The number of nitrogens with one attached hydrogen (secondary N) is 4. The minimum atomic E-state index is -3.09. The average Bonchev–Trinajstić information content (AvgIpc) is 1.63. The van der Waals surface area contributed by atoms with E-state index < -0.39 is 10.0 Å². The number of pyridine rings is 1. The van der Waals surface area contributed by atoms with Crippen LogP contribution in [0.3, 0.4) is 0 Å². The second-order valence-electron chi connectivity index (χ2n) is 34.9. The van der Waals surface area contributed by atoms with Crippen molar-refractivity contribution in [3.63, 3.8) is 0 Å². The van der Waals surface area contributed by atoms with E-state index in [1.165, 1.54) is 113 Å². The van der Waals surface area contributed by atoms with Gasteiger partial charge in [-0.3, -0.25) is 28.8 Å². The molecule has 3 saturated carbocycles. The summed E-state index contributed by atoms with van der Waals surface area (Å²) in [6.07, 6.45) is 40.1. The van der Waals surface area contributed by atoms with Crippen LogP contribution in [0.5, 0.6) is 0 Å². The van der Waals surface area contributed by atoms with E-state index in [-0.39, 0.29) is 5.82 Å². The molecule has 29 heteroatoms. The van der Waals surface area contributed by atoms with Gasteiger partial charge in [-0.25, -0.2) is 52.7 Å². The van der Waals surface area contributed by atoms with Crippen LogP contribution in [0.1, 0.15) is 122 Å². The van der Waals surface area contributed by atoms with E-state index in [2.05, 4.69) is 202 Å². The number of halogens is 1. The van der Waals surface area contributed by atoms with Crippen molar-refractivity contribution in [1.29, 1.82) is 0 Å². The van der Waals surface area contributed by atoms with Crippen LogP contribution in [0.25, 0.3) is 89.0 Å². The fourth-order valence-corrected chi connectivity index (χ4v) is 20.4. The zero-order chi connectivity index (χ0) is 84.4. The second-order valence-corrected chi connectivity index (χ2v) is 36.9. The molecule has 7 aliphatic carbocycles. The van der Waals surface area contributed by atoms with Gasteiger partial charge in [0.15, 0.2) is 0 Å². The molecule has 4 N–H and O–H groups in total. The van der Waals surface area contributed by atoms with Gasteiger partial charge in [0, 0.05) is 205 Å². The Morgan fingerprint density at radius 2 is 0.789 bits per heavy atom. The molecular weight excluding hydrogens is 1560 g/mol. The van der Waals surface area contributed by atoms with Crippen molar-refractivity contribution < 1.29 is 17.5 Å². The standard InChI is InChI=1S/C26H33N7O2S.C24H26FN5.C23H28N6.C21H24N6O/c1-31-16-20(15-29-31)18-3-4-19-14-24-25(23(19)13-18)26(28-17-27-24)30-21-5-7-22(8-6-21)32-9-11-33(12-10-32)36(2,34)35;1-30(2)20-7-5-19(6-8-20)29-24-23-21-10-15(17-9-18(25)13-26-12-17)3-4-16(21)11-22(23)27-14-28-24;1-28(2)19-8-6-18(7-9-19)27-23-22-20-10-15(17-12-26-29(3)13-17)4-5-16(20)11-21(22)24-14-25-23;1-26-13-17(12-25-26)15-2-3-16-11-19-20(18(16)10-15)21(24-14-23-19)22-4-5-27-6-8-28-9-7-27/h3-4,13,15-17,21-22H,5-12,14H2,1-2H3,(H,27,28,30);3-4,9-10,12-14,19-20H,5-8,11H2,1-2H3,(H,27,28,29);4-5,10,12-14,18-19H,6-9,11H2,1-3H3,(H,24,25,27);2-3,10,12-14H,4-9,11H2,1H3,(H,22,23,24). The molecule has 12 aromatic rings. The molecular formula is C94H111FN24O3S. The smallest absolute Gasteiger partial charge is 0.211 e. The van der Waals surface area contributed by atoms with Crippen molar-refractivity contribution in [3.05, 3.63) is 205 Å². The first-order valence-electron chi connectivity index (χ1n) is 43.6. The Kier molecular flexibility index (Phi) is 24.4. The highest BCUT2D eigenvalue weighted by atomic mass is 32.2. The molecule has 0 spiro atoms. The number of rotatable bonds is 18. The number of fused-ring (bicyclic) bond motifs is 12. The number of sulfonamides is 1. The fourth-order valence-electron chi connectivity index (χ4n) is 19.6. The minimum Gasteiger partial charge on any atom is -0.379 e. The molecule has 123 heavy (non-hydrogen) atoms. The Hall–Kier alpha value is -11.2. The lowest BCUT2D eigenvalue weighted by atomic mass is 9.89. The van der Waals surface area contributed by atoms with Gasteiger partial charge in [-0.2, -0.15) is 19.6 Å². The van der Waals surface area contributed by atoms with Gasteiger partial charge >= 0.3 is 0 Å². The van der Waals surface area contributed by atoms with Crippen LogP contribution < -0.4 is 21.3 Å². The lowest BCUT2D eigenvalue weighted by Gasteiger charge is -2.41. The van der Waals surface area contributed by atoms with Gasteiger partial charge in [0.2, 0.25) is 10.0 Å². The Bertz CT molecular complexity index is 5890. The topological polar surface area (TPSA) is 277 Å². The summed E-state index contributed by atoms with van der Waals surface area (Å²) >= 11 is 0.